The summed E-state index contributed by atoms with van der Waals surface area (Å²) >= 11 is 0. The van der Waals surface area contributed by atoms with Crippen LogP contribution in [-0.2, 0) is 4.79 Å². The van der Waals surface area contributed by atoms with Crippen molar-refractivity contribution >= 4 is 16.9 Å². The van der Waals surface area contributed by atoms with E-state index in [1.807, 2.05) is 19.9 Å². The first-order valence-electron chi connectivity index (χ1n) is 8.34. The third-order valence-corrected chi connectivity index (χ3v) is 4.17. The lowest BCUT2D eigenvalue weighted by Gasteiger charge is -2.13. The Morgan fingerprint density at radius 3 is 2.33 bits per heavy atom. The van der Waals surface area contributed by atoms with Crippen molar-refractivity contribution in [1.29, 1.82) is 0 Å². The summed E-state index contributed by atoms with van der Waals surface area (Å²) in [4.78, 5) is 24.6. The molecule has 0 amide bonds. The molecule has 3 rings (SSSR count). The van der Waals surface area contributed by atoms with Gasteiger partial charge in [0, 0.05) is 12.5 Å². The average molecular weight is 368 g/mol. The van der Waals surface area contributed by atoms with Gasteiger partial charge in [0.2, 0.25) is 11.2 Å². The van der Waals surface area contributed by atoms with Crippen molar-refractivity contribution in [1.82, 2.24) is 0 Å². The van der Waals surface area contributed by atoms with Crippen LogP contribution in [0.2, 0.25) is 0 Å². The molecule has 140 valence electrons. The molecule has 0 N–H and O–H groups in total. The zero-order valence-corrected chi connectivity index (χ0v) is 15.8. The predicted molar refractivity (Wildman–Crippen MR) is 102 cm³/mol. The number of ether oxygens (including phenoxy) is 3. The number of rotatable bonds is 4. The van der Waals surface area contributed by atoms with E-state index in [0.717, 1.165) is 11.1 Å². The van der Waals surface area contributed by atoms with Crippen molar-refractivity contribution in [3.63, 3.8) is 0 Å². The van der Waals surface area contributed by atoms with Crippen LogP contribution in [0.1, 0.15) is 18.1 Å². The smallest absolute Gasteiger partial charge is 0.308 e. The number of carbonyl (C=O) groups is 1. The molecule has 0 bridgehead atoms. The Bertz CT molecular complexity index is 1090. The maximum atomic E-state index is 13.0. The van der Waals surface area contributed by atoms with Crippen molar-refractivity contribution in [2.75, 3.05) is 14.2 Å². The van der Waals surface area contributed by atoms with Crippen LogP contribution in [0.4, 0.5) is 0 Å². The predicted octanol–water partition coefficient (Wildman–Crippen LogP) is 4.02. The molecule has 0 aliphatic rings. The quantitative estimate of drug-likeness (QED) is 0.648. The molecular formula is C21H20O6. The van der Waals surface area contributed by atoms with Crippen molar-refractivity contribution in [3.05, 3.63) is 51.7 Å². The topological polar surface area (TPSA) is 75.0 Å². The summed E-state index contributed by atoms with van der Waals surface area (Å²) in [5, 5.41) is 0.368. The Morgan fingerprint density at radius 1 is 1.00 bits per heavy atom. The fraction of sp³-hybridized carbons (Fsp3) is 0.238. The third-order valence-electron chi connectivity index (χ3n) is 4.17. The van der Waals surface area contributed by atoms with E-state index in [2.05, 4.69) is 0 Å². The van der Waals surface area contributed by atoms with Crippen LogP contribution in [0, 0.1) is 13.8 Å². The summed E-state index contributed by atoms with van der Waals surface area (Å²) in [6.07, 6.45) is 0. The monoisotopic (exact) mass is 368 g/mol. The number of esters is 1. The zero-order chi connectivity index (χ0) is 19.7. The van der Waals surface area contributed by atoms with Crippen LogP contribution >= 0.6 is 0 Å². The normalized spacial score (nSPS) is 10.7. The molecule has 0 saturated carbocycles. The molecule has 6 heteroatoms. The highest BCUT2D eigenvalue weighted by Gasteiger charge is 2.21. The fourth-order valence-corrected chi connectivity index (χ4v) is 3.04. The van der Waals surface area contributed by atoms with E-state index in [1.165, 1.54) is 21.1 Å². The van der Waals surface area contributed by atoms with E-state index in [1.54, 1.807) is 24.3 Å². The fourth-order valence-electron chi connectivity index (χ4n) is 3.04. The first kappa shape index (κ1) is 18.5. The van der Waals surface area contributed by atoms with E-state index in [0.29, 0.717) is 28.0 Å². The maximum absolute atomic E-state index is 13.0. The van der Waals surface area contributed by atoms with Gasteiger partial charge in [0.1, 0.15) is 5.58 Å². The highest BCUT2D eigenvalue weighted by molar-refractivity contribution is 5.86. The van der Waals surface area contributed by atoms with Crippen LogP contribution in [0.5, 0.6) is 17.2 Å². The van der Waals surface area contributed by atoms with Crippen molar-refractivity contribution < 1.29 is 23.4 Å². The van der Waals surface area contributed by atoms with E-state index in [9.17, 15) is 9.59 Å². The first-order valence-corrected chi connectivity index (χ1v) is 8.34. The molecule has 2 aromatic carbocycles. The Kier molecular flexibility index (Phi) is 4.90. The Labute approximate surface area is 156 Å². The molecule has 0 unspecified atom stereocenters. The molecule has 0 aliphatic carbocycles. The molecule has 3 aromatic rings. The van der Waals surface area contributed by atoms with Gasteiger partial charge < -0.3 is 18.6 Å². The summed E-state index contributed by atoms with van der Waals surface area (Å²) in [6, 6.07) is 8.72. The third kappa shape index (κ3) is 3.38. The molecule has 0 fully saturated rings. The highest BCUT2D eigenvalue weighted by atomic mass is 16.5. The molecule has 27 heavy (non-hydrogen) atoms. The molecule has 1 heterocycles. The number of benzene rings is 2. The van der Waals surface area contributed by atoms with E-state index in [-0.39, 0.29) is 11.5 Å². The van der Waals surface area contributed by atoms with Gasteiger partial charge in [-0.05, 0) is 49.2 Å². The lowest BCUT2D eigenvalue weighted by molar-refractivity contribution is -0.131. The molecule has 0 spiro atoms. The maximum Gasteiger partial charge on any atom is 0.308 e. The summed E-state index contributed by atoms with van der Waals surface area (Å²) < 4.78 is 21.8. The SMILES string of the molecule is COc1ccc(-c2oc3c(C)cc(C)cc3c(=O)c2OC(C)=O)cc1OC. The first-order chi connectivity index (χ1) is 12.8. The Hall–Kier alpha value is -3.28. The van der Waals surface area contributed by atoms with Gasteiger partial charge in [0.25, 0.3) is 0 Å². The van der Waals surface area contributed by atoms with Gasteiger partial charge in [0.15, 0.2) is 17.3 Å². The average Bonchev–Trinajstić information content (AvgIpc) is 2.63. The summed E-state index contributed by atoms with van der Waals surface area (Å²) in [6.45, 7) is 4.99. The molecular weight excluding hydrogens is 348 g/mol. The van der Waals surface area contributed by atoms with Crippen LogP contribution in [-0.4, -0.2) is 20.2 Å². The Balaban J connectivity index is 2.37. The number of carbonyl (C=O) groups excluding carboxylic acids is 1. The van der Waals surface area contributed by atoms with Gasteiger partial charge in [-0.15, -0.1) is 0 Å². The van der Waals surface area contributed by atoms with Crippen molar-refractivity contribution in [2.24, 2.45) is 0 Å². The van der Waals surface area contributed by atoms with Gasteiger partial charge >= 0.3 is 5.97 Å². The van der Waals surface area contributed by atoms with Gasteiger partial charge in [-0.1, -0.05) is 6.07 Å². The van der Waals surface area contributed by atoms with Crippen LogP contribution in [0.3, 0.4) is 0 Å². The minimum atomic E-state index is -0.604. The van der Waals surface area contributed by atoms with Gasteiger partial charge in [0.05, 0.1) is 19.6 Å². The molecule has 0 saturated heterocycles. The standard InChI is InChI=1S/C21H20O6/c1-11-8-12(2)19-15(9-11)18(23)21(26-13(3)22)20(27-19)14-6-7-16(24-4)17(10-14)25-5/h6-10H,1-5H3. The molecule has 6 nitrogen and oxygen atoms in total. The summed E-state index contributed by atoms with van der Waals surface area (Å²) in [5.41, 5.74) is 2.32. The lowest BCUT2D eigenvalue weighted by Crippen LogP contribution is -2.14. The second-order valence-electron chi connectivity index (χ2n) is 6.21. The van der Waals surface area contributed by atoms with Crippen LogP contribution in [0.25, 0.3) is 22.3 Å². The summed E-state index contributed by atoms with van der Waals surface area (Å²) in [7, 11) is 3.04. The summed E-state index contributed by atoms with van der Waals surface area (Å²) in [5.74, 6) is 0.410. The minimum Gasteiger partial charge on any atom is -0.493 e. The molecule has 0 radical (unpaired) electrons. The number of fused-ring (bicyclic) bond motifs is 1. The van der Waals surface area contributed by atoms with Gasteiger partial charge in [-0.25, -0.2) is 0 Å². The number of aryl methyl sites for hydroxylation is 2. The zero-order valence-electron chi connectivity index (χ0n) is 15.8. The van der Waals surface area contributed by atoms with E-state index < -0.39 is 11.4 Å². The van der Waals surface area contributed by atoms with E-state index >= 15 is 0 Å². The van der Waals surface area contributed by atoms with Gasteiger partial charge in [-0.3, -0.25) is 9.59 Å². The van der Waals surface area contributed by atoms with Crippen LogP contribution < -0.4 is 19.6 Å². The molecule has 0 aliphatic heterocycles. The number of methoxy groups -OCH3 is 2. The minimum absolute atomic E-state index is 0.146. The number of hydrogen-bond donors (Lipinski definition) is 0. The second-order valence-corrected chi connectivity index (χ2v) is 6.21. The molecule has 1 aromatic heterocycles. The highest BCUT2D eigenvalue weighted by Crippen LogP contribution is 2.37. The Morgan fingerprint density at radius 2 is 1.70 bits per heavy atom. The second kappa shape index (κ2) is 7.15. The largest absolute Gasteiger partial charge is 0.493 e. The van der Waals surface area contributed by atoms with Crippen LogP contribution in [0.15, 0.2) is 39.5 Å². The lowest BCUT2D eigenvalue weighted by atomic mass is 10.0. The number of hydrogen-bond acceptors (Lipinski definition) is 6. The van der Waals surface area contributed by atoms with Crippen molar-refractivity contribution in [3.8, 4) is 28.6 Å². The van der Waals surface area contributed by atoms with Gasteiger partial charge in [-0.2, -0.15) is 0 Å². The molecule has 0 atom stereocenters. The van der Waals surface area contributed by atoms with Crippen molar-refractivity contribution in [2.45, 2.75) is 20.8 Å². The van der Waals surface area contributed by atoms with E-state index in [4.69, 9.17) is 18.6 Å².